The Morgan fingerprint density at radius 1 is 1.22 bits per heavy atom. The second-order valence-corrected chi connectivity index (χ2v) is 10.0. The van der Waals surface area contributed by atoms with E-state index in [-0.39, 0.29) is 10.8 Å². The van der Waals surface area contributed by atoms with Crippen molar-refractivity contribution in [2.45, 2.75) is 38.7 Å². The molecule has 5 heteroatoms. The molecule has 0 N–H and O–H groups in total. The highest BCUT2D eigenvalue weighted by molar-refractivity contribution is 7.87. The van der Waals surface area contributed by atoms with Crippen molar-refractivity contribution < 1.29 is 12.3 Å². The Bertz CT molecular complexity index is 454. The predicted molar refractivity (Wildman–Crippen MR) is 77.9 cm³/mol. The van der Waals surface area contributed by atoms with Crippen LogP contribution >= 0.6 is 0 Å². The molecule has 0 aliphatic heterocycles. The maximum Gasteiger partial charge on any atom is 0.257 e. The van der Waals surface area contributed by atoms with Crippen LogP contribution in [0.25, 0.3) is 0 Å². The van der Waals surface area contributed by atoms with Crippen molar-refractivity contribution in [2.75, 3.05) is 5.75 Å². The highest BCUT2D eigenvalue weighted by Gasteiger charge is 2.23. The van der Waals surface area contributed by atoms with Gasteiger partial charge in [-0.2, -0.15) is 0 Å². The molecule has 0 heterocycles. The molecule has 0 amide bonds. The van der Waals surface area contributed by atoms with Gasteiger partial charge in [-0.15, -0.1) is 0 Å². The molecule has 0 radical (unpaired) electrons. The van der Waals surface area contributed by atoms with Gasteiger partial charge in [-0.05, 0) is 23.4 Å². The molecule has 102 valence electrons. The van der Waals surface area contributed by atoms with Gasteiger partial charge in [-0.25, -0.2) is 8.42 Å². The van der Waals surface area contributed by atoms with E-state index in [0.29, 0.717) is 6.42 Å². The molecule has 3 nitrogen and oxygen atoms in total. The quantitative estimate of drug-likeness (QED) is 0.722. The average molecular weight is 286 g/mol. The highest BCUT2D eigenvalue weighted by Crippen LogP contribution is 2.28. The van der Waals surface area contributed by atoms with Crippen LogP contribution in [-0.2, 0) is 20.4 Å². The summed E-state index contributed by atoms with van der Waals surface area (Å²) in [6.45, 7) is 6.00. The number of hydrogen-bond donors (Lipinski definition) is 0. The Morgan fingerprint density at radius 3 is 2.39 bits per heavy atom. The van der Waals surface area contributed by atoms with Crippen molar-refractivity contribution >= 4 is 19.9 Å². The molecule has 0 bridgehead atoms. The molecule has 0 atom stereocenters. The first kappa shape index (κ1) is 15.4. The van der Waals surface area contributed by atoms with Gasteiger partial charge in [0.05, 0.1) is 5.75 Å². The first-order chi connectivity index (χ1) is 8.35. The first-order valence-electron chi connectivity index (χ1n) is 6.26. The average Bonchev–Trinajstić information content (AvgIpc) is 2.28. The summed E-state index contributed by atoms with van der Waals surface area (Å²) in [5.41, 5.74) is 1.23. The molecule has 1 rings (SSSR count). The van der Waals surface area contributed by atoms with Crippen molar-refractivity contribution in [3.8, 4) is 0 Å². The molecule has 0 unspecified atom stereocenters. The van der Waals surface area contributed by atoms with Crippen LogP contribution in [-0.4, -0.2) is 23.9 Å². The Balaban J connectivity index is 2.55. The van der Waals surface area contributed by atoms with Crippen LogP contribution in [0.1, 0.15) is 32.8 Å². The lowest BCUT2D eigenvalue weighted by Crippen LogP contribution is -2.23. The fourth-order valence-corrected chi connectivity index (χ4v) is 5.11. The van der Waals surface area contributed by atoms with Gasteiger partial charge < -0.3 is 3.87 Å². The maximum absolute atomic E-state index is 11.5. The summed E-state index contributed by atoms with van der Waals surface area (Å²) in [5, 5.41) is -0.0534. The topological polar surface area (TPSA) is 43.4 Å². The number of rotatable bonds is 7. The summed E-state index contributed by atoms with van der Waals surface area (Å²) in [5.74, 6) is 0.126. The molecule has 0 aromatic heterocycles. The highest BCUT2D eigenvalue weighted by atomic mass is 32.2. The first-order valence-corrected chi connectivity index (χ1v) is 9.12. The van der Waals surface area contributed by atoms with Crippen molar-refractivity contribution in [1.29, 1.82) is 0 Å². The van der Waals surface area contributed by atoms with E-state index in [0.717, 1.165) is 6.42 Å². The number of hydrogen-bond acceptors (Lipinski definition) is 3. The van der Waals surface area contributed by atoms with Gasteiger partial charge in [0.1, 0.15) is 0 Å². The summed E-state index contributed by atoms with van der Waals surface area (Å²) in [6, 6.07) is 10.1. The van der Waals surface area contributed by atoms with E-state index in [1.54, 1.807) is 0 Å². The second kappa shape index (κ2) is 6.50. The molecule has 0 aliphatic carbocycles. The van der Waals surface area contributed by atoms with Gasteiger partial charge in [0, 0.05) is 0 Å². The smallest absolute Gasteiger partial charge is 0.257 e. The molecule has 0 saturated carbocycles. The Kier molecular flexibility index (Phi) is 5.56. The van der Waals surface area contributed by atoms with Crippen LogP contribution in [0, 0.1) is 0 Å². The molecule has 0 fully saturated rings. The third kappa shape index (κ3) is 5.80. The van der Waals surface area contributed by atoms with E-state index in [4.69, 9.17) is 3.87 Å². The summed E-state index contributed by atoms with van der Waals surface area (Å²) >= 11 is 0. The normalized spacial score (nSPS) is 13.3. The lowest BCUT2D eigenvalue weighted by molar-refractivity contribution is 0.476. The Morgan fingerprint density at radius 2 is 1.83 bits per heavy atom. The zero-order chi connectivity index (χ0) is 13.6. The number of benzene rings is 1. The molecular weight excluding hydrogens is 264 g/mol. The van der Waals surface area contributed by atoms with E-state index in [2.05, 4.69) is 26.0 Å². The zero-order valence-corrected chi connectivity index (χ0v) is 13.6. The SMILES string of the molecule is CCCS(=O)(=O)O[SiH2]C(C)(C)Cc1ccccc1. The van der Waals surface area contributed by atoms with Gasteiger partial charge in [0.2, 0.25) is 0 Å². The van der Waals surface area contributed by atoms with Gasteiger partial charge in [-0.1, -0.05) is 51.1 Å². The van der Waals surface area contributed by atoms with Crippen molar-refractivity contribution in [3.63, 3.8) is 0 Å². The third-order valence-electron chi connectivity index (χ3n) is 2.61. The zero-order valence-electron chi connectivity index (χ0n) is 11.3. The van der Waals surface area contributed by atoms with E-state index in [1.807, 2.05) is 25.1 Å². The molecule has 0 spiro atoms. The van der Waals surface area contributed by atoms with Crippen LogP contribution in [0.2, 0.25) is 5.04 Å². The minimum Gasteiger partial charge on any atom is -0.322 e. The molecule has 18 heavy (non-hydrogen) atoms. The summed E-state index contributed by atoms with van der Waals surface area (Å²) in [6.07, 6.45) is 1.47. The lowest BCUT2D eigenvalue weighted by atomic mass is 10.0. The fourth-order valence-electron chi connectivity index (χ4n) is 1.76. The molecule has 0 aliphatic rings. The minimum atomic E-state index is -3.30. The molecule has 1 aromatic carbocycles. The van der Waals surface area contributed by atoms with Crippen LogP contribution < -0.4 is 0 Å². The van der Waals surface area contributed by atoms with E-state index in [9.17, 15) is 8.42 Å². The molecular formula is C13H22O3SSi. The lowest BCUT2D eigenvalue weighted by Gasteiger charge is -2.23. The molecule has 1 aromatic rings. The third-order valence-corrected chi connectivity index (χ3v) is 6.46. The summed E-state index contributed by atoms with van der Waals surface area (Å²) in [7, 11) is -4.41. The van der Waals surface area contributed by atoms with E-state index < -0.39 is 19.9 Å². The Hall–Kier alpha value is -0.653. The van der Waals surface area contributed by atoms with Crippen LogP contribution in [0.5, 0.6) is 0 Å². The monoisotopic (exact) mass is 286 g/mol. The minimum absolute atomic E-state index is 0.0534. The van der Waals surface area contributed by atoms with Gasteiger partial charge in [0.15, 0.2) is 9.76 Å². The summed E-state index contributed by atoms with van der Waals surface area (Å²) < 4.78 is 28.3. The van der Waals surface area contributed by atoms with Crippen LogP contribution in [0.15, 0.2) is 30.3 Å². The second-order valence-electron chi connectivity index (χ2n) is 5.35. The molecule has 0 saturated heterocycles. The van der Waals surface area contributed by atoms with Crippen molar-refractivity contribution in [3.05, 3.63) is 35.9 Å². The van der Waals surface area contributed by atoms with Crippen LogP contribution in [0.3, 0.4) is 0 Å². The fraction of sp³-hybridized carbons (Fsp3) is 0.538. The predicted octanol–water partition coefficient (Wildman–Crippen LogP) is 2.27. The Labute approximate surface area is 113 Å². The summed E-state index contributed by atoms with van der Waals surface area (Å²) in [4.78, 5) is 0. The largest absolute Gasteiger partial charge is 0.322 e. The van der Waals surface area contributed by atoms with Crippen LogP contribution in [0.4, 0.5) is 0 Å². The maximum atomic E-state index is 11.5. The standard InChI is InChI=1S/C13H22O3SSi/c1-4-10-17(14,15)16-18-13(2,3)11-12-8-6-5-7-9-12/h5-9H,4,10-11,18H2,1-3H3. The van der Waals surface area contributed by atoms with Gasteiger partial charge in [-0.3, -0.25) is 0 Å². The van der Waals surface area contributed by atoms with Crippen molar-refractivity contribution in [1.82, 2.24) is 0 Å². The van der Waals surface area contributed by atoms with Gasteiger partial charge in [0.25, 0.3) is 10.1 Å². The van der Waals surface area contributed by atoms with Gasteiger partial charge >= 0.3 is 0 Å². The van der Waals surface area contributed by atoms with E-state index >= 15 is 0 Å². The van der Waals surface area contributed by atoms with Crippen molar-refractivity contribution in [2.24, 2.45) is 0 Å². The van der Waals surface area contributed by atoms with E-state index in [1.165, 1.54) is 5.56 Å².